The second kappa shape index (κ2) is 5.34. The monoisotopic (exact) mass is 152 g/mol. The lowest BCUT2D eigenvalue weighted by Crippen LogP contribution is -2.07. The summed E-state index contributed by atoms with van der Waals surface area (Å²) in [5.41, 5.74) is 0. The van der Waals surface area contributed by atoms with Gasteiger partial charge in [-0.25, -0.2) is 9.98 Å². The molecule has 0 amide bonds. The van der Waals surface area contributed by atoms with E-state index >= 15 is 0 Å². The fraction of sp³-hybridized carbons (Fsp3) is 0.286. The molecule has 0 atom stereocenters. The van der Waals surface area contributed by atoms with E-state index in [4.69, 9.17) is 0 Å². The van der Waals surface area contributed by atoms with Crippen LogP contribution in [0.3, 0.4) is 0 Å². The molecule has 0 aliphatic carbocycles. The molecule has 0 saturated heterocycles. The molecular formula is C7H12N4. The number of hydrogen-bond donors (Lipinski definition) is 0. The van der Waals surface area contributed by atoms with Crippen LogP contribution >= 0.6 is 0 Å². The van der Waals surface area contributed by atoms with Crippen LogP contribution in [0.15, 0.2) is 27.0 Å². The minimum Gasteiger partial charge on any atom is -0.369 e. The van der Waals surface area contributed by atoms with Crippen LogP contribution in [0.25, 0.3) is 0 Å². The summed E-state index contributed by atoms with van der Waals surface area (Å²) in [4.78, 5) is 12.8. The molecule has 0 aromatic heterocycles. The van der Waals surface area contributed by atoms with Gasteiger partial charge in [0, 0.05) is 14.1 Å². The first-order valence-corrected chi connectivity index (χ1v) is 3.04. The largest absolute Gasteiger partial charge is 0.369 e. The van der Waals surface area contributed by atoms with Crippen molar-refractivity contribution in [2.24, 2.45) is 15.0 Å². The topological polar surface area (TPSA) is 40.3 Å². The molecule has 0 rings (SSSR count). The van der Waals surface area contributed by atoms with Crippen molar-refractivity contribution in [2.75, 3.05) is 14.1 Å². The molecule has 60 valence electrons. The molecule has 0 saturated carbocycles. The normalized spacial score (nSPS) is 11.6. The van der Waals surface area contributed by atoms with Crippen molar-refractivity contribution in [1.82, 2.24) is 4.90 Å². The van der Waals surface area contributed by atoms with Gasteiger partial charge in [0.25, 0.3) is 0 Å². The van der Waals surface area contributed by atoms with E-state index in [1.54, 1.807) is 11.2 Å². The van der Waals surface area contributed by atoms with Crippen molar-refractivity contribution in [2.45, 2.75) is 0 Å². The molecule has 0 fully saturated rings. The molecule has 0 aliphatic heterocycles. The van der Waals surface area contributed by atoms with E-state index in [1.165, 1.54) is 6.20 Å². The standard InChI is InChI=1S/C7H12N4/c1-8-5-7(9-2)10-6-11(3)4/h5-6H,1-2H2,3-4H3/b7-5+,10-6+. The molecule has 0 aliphatic rings. The summed E-state index contributed by atoms with van der Waals surface area (Å²) in [5, 5.41) is 0. The third kappa shape index (κ3) is 5.02. The Labute approximate surface area is 66.7 Å². The Balaban J connectivity index is 4.18. The number of aliphatic imine (C=N–C) groups is 3. The maximum Gasteiger partial charge on any atom is 0.171 e. The van der Waals surface area contributed by atoms with Gasteiger partial charge < -0.3 is 4.90 Å². The van der Waals surface area contributed by atoms with Crippen molar-refractivity contribution in [1.29, 1.82) is 0 Å². The Morgan fingerprint density at radius 1 is 1.36 bits per heavy atom. The lowest BCUT2D eigenvalue weighted by Gasteiger charge is -2.00. The van der Waals surface area contributed by atoms with E-state index in [0.29, 0.717) is 5.82 Å². The molecule has 4 nitrogen and oxygen atoms in total. The van der Waals surface area contributed by atoms with E-state index < -0.39 is 0 Å². The fourth-order valence-electron chi connectivity index (χ4n) is 0.371. The van der Waals surface area contributed by atoms with Crippen molar-refractivity contribution in [3.63, 3.8) is 0 Å². The molecular weight excluding hydrogens is 140 g/mol. The molecule has 0 aromatic carbocycles. The Morgan fingerprint density at radius 3 is 2.36 bits per heavy atom. The summed E-state index contributed by atoms with van der Waals surface area (Å²) >= 11 is 0. The Kier molecular flexibility index (Phi) is 4.64. The van der Waals surface area contributed by atoms with Crippen LogP contribution in [0.1, 0.15) is 0 Å². The quantitative estimate of drug-likeness (QED) is 0.433. The maximum absolute atomic E-state index is 3.93. The van der Waals surface area contributed by atoms with Gasteiger partial charge in [0.05, 0.1) is 12.5 Å². The van der Waals surface area contributed by atoms with Crippen LogP contribution in [0.2, 0.25) is 0 Å². The maximum atomic E-state index is 3.93. The lowest BCUT2D eigenvalue weighted by molar-refractivity contribution is 0.642. The smallest absolute Gasteiger partial charge is 0.171 e. The number of rotatable bonds is 4. The fourth-order valence-corrected chi connectivity index (χ4v) is 0.371. The van der Waals surface area contributed by atoms with Gasteiger partial charge in [-0.05, 0) is 13.4 Å². The Morgan fingerprint density at radius 2 is 2.00 bits per heavy atom. The minimum absolute atomic E-state index is 0.453. The van der Waals surface area contributed by atoms with E-state index in [-0.39, 0.29) is 0 Å². The lowest BCUT2D eigenvalue weighted by atomic mass is 10.7. The zero-order valence-corrected chi connectivity index (χ0v) is 6.86. The van der Waals surface area contributed by atoms with E-state index in [0.717, 1.165) is 0 Å². The van der Waals surface area contributed by atoms with Gasteiger partial charge in [-0.1, -0.05) is 0 Å². The summed E-state index contributed by atoms with van der Waals surface area (Å²) < 4.78 is 0. The van der Waals surface area contributed by atoms with Crippen LogP contribution < -0.4 is 0 Å². The first-order chi connectivity index (χ1) is 5.20. The van der Waals surface area contributed by atoms with Crippen LogP contribution in [0.5, 0.6) is 0 Å². The van der Waals surface area contributed by atoms with E-state index in [2.05, 4.69) is 28.4 Å². The molecule has 4 heteroatoms. The predicted octanol–water partition coefficient (Wildman–Crippen LogP) is 0.776. The average Bonchev–Trinajstić information content (AvgIpc) is 1.97. The first-order valence-electron chi connectivity index (χ1n) is 3.04. The van der Waals surface area contributed by atoms with Gasteiger partial charge in [-0.15, -0.1) is 0 Å². The second-order valence-electron chi connectivity index (χ2n) is 2.04. The minimum atomic E-state index is 0.453. The zero-order valence-electron chi connectivity index (χ0n) is 6.86. The van der Waals surface area contributed by atoms with Gasteiger partial charge in [-0.2, -0.15) is 0 Å². The molecule has 11 heavy (non-hydrogen) atoms. The molecule has 0 N–H and O–H groups in total. The van der Waals surface area contributed by atoms with Crippen LogP contribution in [-0.4, -0.2) is 38.8 Å². The molecule has 0 aromatic rings. The number of hydrogen-bond acceptors (Lipinski definition) is 3. The average molecular weight is 152 g/mol. The third-order valence-corrected chi connectivity index (χ3v) is 0.790. The van der Waals surface area contributed by atoms with Gasteiger partial charge in [0.15, 0.2) is 5.82 Å². The summed E-state index contributed by atoms with van der Waals surface area (Å²) in [5.74, 6) is 0.453. The summed E-state index contributed by atoms with van der Waals surface area (Å²) in [6.07, 6.45) is 3.05. The predicted molar refractivity (Wildman–Crippen MR) is 49.4 cm³/mol. The van der Waals surface area contributed by atoms with Gasteiger partial charge in [-0.3, -0.25) is 4.99 Å². The Bertz CT molecular complexity index is 191. The first kappa shape index (κ1) is 9.55. The van der Waals surface area contributed by atoms with E-state index in [9.17, 15) is 0 Å². The molecule has 0 spiro atoms. The summed E-state index contributed by atoms with van der Waals surface area (Å²) in [6.45, 7) is 6.59. The molecule has 0 bridgehead atoms. The molecule has 0 radical (unpaired) electrons. The molecule has 0 unspecified atom stereocenters. The van der Waals surface area contributed by atoms with Crippen molar-refractivity contribution in [3.05, 3.63) is 12.0 Å². The van der Waals surface area contributed by atoms with Crippen molar-refractivity contribution in [3.8, 4) is 0 Å². The highest BCUT2D eigenvalue weighted by molar-refractivity contribution is 5.56. The highest BCUT2D eigenvalue weighted by Crippen LogP contribution is 1.95. The van der Waals surface area contributed by atoms with Crippen molar-refractivity contribution >= 4 is 19.8 Å². The summed E-state index contributed by atoms with van der Waals surface area (Å²) in [6, 6.07) is 0. The third-order valence-electron chi connectivity index (χ3n) is 0.790. The van der Waals surface area contributed by atoms with Crippen LogP contribution in [-0.2, 0) is 0 Å². The SMILES string of the molecule is C=N/C=C(N=C)/N=C/N(C)C. The van der Waals surface area contributed by atoms with Crippen LogP contribution in [0.4, 0.5) is 0 Å². The van der Waals surface area contributed by atoms with Gasteiger partial charge >= 0.3 is 0 Å². The van der Waals surface area contributed by atoms with Gasteiger partial charge in [0.1, 0.15) is 0 Å². The summed E-state index contributed by atoms with van der Waals surface area (Å²) in [7, 11) is 3.73. The Hall–Kier alpha value is -1.45. The molecule has 0 heterocycles. The second-order valence-corrected chi connectivity index (χ2v) is 2.04. The van der Waals surface area contributed by atoms with E-state index in [1.807, 2.05) is 14.1 Å². The van der Waals surface area contributed by atoms with Gasteiger partial charge in [0.2, 0.25) is 0 Å². The highest BCUT2D eigenvalue weighted by Gasteiger charge is 1.84. The van der Waals surface area contributed by atoms with Crippen LogP contribution in [0, 0.1) is 0 Å². The zero-order chi connectivity index (χ0) is 8.69. The van der Waals surface area contributed by atoms with Crippen molar-refractivity contribution < 1.29 is 0 Å². The number of nitrogens with zero attached hydrogens (tertiary/aromatic N) is 4. The highest BCUT2D eigenvalue weighted by atomic mass is 15.1.